The third-order valence-electron chi connectivity index (χ3n) is 6.76. The van der Waals surface area contributed by atoms with E-state index in [-0.39, 0.29) is 5.91 Å². The molecule has 4 heteroatoms. The van der Waals surface area contributed by atoms with Crippen molar-refractivity contribution in [2.24, 2.45) is 5.92 Å². The number of likely N-dealkylation sites (tertiary alicyclic amines) is 1. The number of carbonyl (C=O) groups is 1. The van der Waals surface area contributed by atoms with Gasteiger partial charge in [-0.3, -0.25) is 9.78 Å². The number of rotatable bonds is 5. The molecule has 0 N–H and O–H groups in total. The van der Waals surface area contributed by atoms with Crippen LogP contribution in [-0.4, -0.2) is 36.0 Å². The molecule has 1 aliphatic rings. The highest BCUT2D eigenvalue weighted by Gasteiger charge is 2.28. The second kappa shape index (κ2) is 9.07. The van der Waals surface area contributed by atoms with E-state index in [4.69, 9.17) is 4.74 Å². The third-order valence-corrected chi connectivity index (χ3v) is 6.76. The summed E-state index contributed by atoms with van der Waals surface area (Å²) in [5.41, 5.74) is 6.33. The molecular weight excluding hydrogens is 408 g/mol. The first-order valence-corrected chi connectivity index (χ1v) is 11.5. The highest BCUT2D eigenvalue weighted by molar-refractivity contribution is 5.97. The van der Waals surface area contributed by atoms with Crippen LogP contribution in [0.15, 0.2) is 79.0 Å². The van der Waals surface area contributed by atoms with Crippen LogP contribution >= 0.6 is 0 Å². The Balaban J connectivity index is 1.33. The standard InChI is InChI=1S/C29H28N2O2/c1-20-26(22-11-13-25(33-2)14-12-22)9-4-10-27(20)29(32)31-17-15-21(19-31)18-24-7-3-6-23-8-5-16-30-28(23)24/h3-14,16,21H,15,17-19H2,1-2H3. The smallest absolute Gasteiger partial charge is 0.254 e. The Bertz CT molecular complexity index is 1290. The van der Waals surface area contributed by atoms with Crippen molar-refractivity contribution < 1.29 is 9.53 Å². The molecule has 1 aliphatic heterocycles. The van der Waals surface area contributed by atoms with Crippen molar-refractivity contribution in [1.29, 1.82) is 0 Å². The number of pyridine rings is 1. The summed E-state index contributed by atoms with van der Waals surface area (Å²) in [4.78, 5) is 20.1. The summed E-state index contributed by atoms with van der Waals surface area (Å²) in [5, 5.41) is 1.17. The molecule has 1 atom stereocenters. The summed E-state index contributed by atoms with van der Waals surface area (Å²) in [6.07, 6.45) is 3.82. The van der Waals surface area contributed by atoms with Crippen LogP contribution in [0.3, 0.4) is 0 Å². The second-order valence-corrected chi connectivity index (χ2v) is 8.81. The van der Waals surface area contributed by atoms with Crippen LogP contribution in [-0.2, 0) is 6.42 Å². The van der Waals surface area contributed by atoms with Gasteiger partial charge in [0.05, 0.1) is 12.6 Å². The van der Waals surface area contributed by atoms with Gasteiger partial charge in [-0.05, 0) is 72.2 Å². The highest BCUT2D eigenvalue weighted by atomic mass is 16.5. The van der Waals surface area contributed by atoms with Gasteiger partial charge in [0.25, 0.3) is 5.91 Å². The van der Waals surface area contributed by atoms with Crippen LogP contribution in [0.2, 0.25) is 0 Å². The maximum Gasteiger partial charge on any atom is 0.254 e. The molecular formula is C29H28N2O2. The van der Waals surface area contributed by atoms with Gasteiger partial charge in [-0.1, -0.05) is 48.5 Å². The van der Waals surface area contributed by atoms with E-state index in [1.807, 2.05) is 60.5 Å². The number of carbonyl (C=O) groups excluding carboxylic acids is 1. The monoisotopic (exact) mass is 436 g/mol. The molecule has 4 aromatic rings. The minimum atomic E-state index is 0.126. The van der Waals surface area contributed by atoms with Crippen molar-refractivity contribution in [3.63, 3.8) is 0 Å². The number of hydrogen-bond acceptors (Lipinski definition) is 3. The molecule has 2 heterocycles. The first-order valence-electron chi connectivity index (χ1n) is 11.5. The van der Waals surface area contributed by atoms with E-state index in [2.05, 4.69) is 35.3 Å². The van der Waals surface area contributed by atoms with Crippen LogP contribution in [0, 0.1) is 12.8 Å². The Morgan fingerprint density at radius 2 is 1.82 bits per heavy atom. The normalized spacial score (nSPS) is 15.7. The summed E-state index contributed by atoms with van der Waals surface area (Å²) in [5.74, 6) is 1.40. The van der Waals surface area contributed by atoms with Gasteiger partial charge in [-0.2, -0.15) is 0 Å². The van der Waals surface area contributed by atoms with Gasteiger partial charge in [-0.25, -0.2) is 0 Å². The zero-order chi connectivity index (χ0) is 22.8. The fourth-order valence-corrected chi connectivity index (χ4v) is 4.95. The third kappa shape index (κ3) is 4.21. The molecule has 1 amide bonds. The van der Waals surface area contributed by atoms with Crippen molar-refractivity contribution in [3.8, 4) is 16.9 Å². The number of benzene rings is 3. The highest BCUT2D eigenvalue weighted by Crippen LogP contribution is 2.30. The summed E-state index contributed by atoms with van der Waals surface area (Å²) < 4.78 is 5.28. The van der Waals surface area contributed by atoms with Crippen molar-refractivity contribution in [2.45, 2.75) is 19.8 Å². The number of hydrogen-bond donors (Lipinski definition) is 0. The molecule has 4 nitrogen and oxygen atoms in total. The summed E-state index contributed by atoms with van der Waals surface area (Å²) >= 11 is 0. The number of ether oxygens (including phenoxy) is 1. The fraction of sp³-hybridized carbons (Fsp3) is 0.241. The van der Waals surface area contributed by atoms with Crippen LogP contribution < -0.4 is 4.74 Å². The SMILES string of the molecule is COc1ccc(-c2cccc(C(=O)N3CCC(Cc4cccc5cccnc45)C3)c2C)cc1. The van der Waals surface area contributed by atoms with Gasteiger partial charge in [0.15, 0.2) is 0 Å². The molecule has 1 unspecified atom stereocenters. The number of para-hydroxylation sites is 1. The second-order valence-electron chi connectivity index (χ2n) is 8.81. The molecule has 0 bridgehead atoms. The fourth-order valence-electron chi connectivity index (χ4n) is 4.95. The largest absolute Gasteiger partial charge is 0.497 e. The minimum absolute atomic E-state index is 0.126. The molecule has 33 heavy (non-hydrogen) atoms. The molecule has 3 aromatic carbocycles. The van der Waals surface area contributed by atoms with Crippen LogP contribution in [0.5, 0.6) is 5.75 Å². The maximum atomic E-state index is 13.5. The van der Waals surface area contributed by atoms with Gasteiger partial charge in [-0.15, -0.1) is 0 Å². The van der Waals surface area contributed by atoms with E-state index in [9.17, 15) is 4.79 Å². The first-order chi connectivity index (χ1) is 16.1. The van der Waals surface area contributed by atoms with Crippen LogP contribution in [0.4, 0.5) is 0 Å². The van der Waals surface area contributed by atoms with E-state index in [0.29, 0.717) is 5.92 Å². The lowest BCUT2D eigenvalue weighted by atomic mass is 9.95. The average molecular weight is 437 g/mol. The van der Waals surface area contributed by atoms with Crippen molar-refractivity contribution in [3.05, 3.63) is 95.7 Å². The Morgan fingerprint density at radius 1 is 1.03 bits per heavy atom. The van der Waals surface area contributed by atoms with E-state index >= 15 is 0 Å². The number of methoxy groups -OCH3 is 1. The lowest BCUT2D eigenvalue weighted by Gasteiger charge is -2.19. The Labute approximate surface area is 194 Å². The van der Waals surface area contributed by atoms with Crippen LogP contribution in [0.25, 0.3) is 22.0 Å². The molecule has 0 spiro atoms. The first kappa shape index (κ1) is 21.2. The van der Waals surface area contributed by atoms with Crippen molar-refractivity contribution in [1.82, 2.24) is 9.88 Å². The Hall–Kier alpha value is -3.66. The number of nitrogens with zero attached hydrogens (tertiary/aromatic N) is 2. The van der Waals surface area contributed by atoms with Crippen LogP contribution in [0.1, 0.15) is 27.9 Å². The number of aromatic nitrogens is 1. The molecule has 1 saturated heterocycles. The van der Waals surface area contributed by atoms with E-state index < -0.39 is 0 Å². The van der Waals surface area contributed by atoms with Gasteiger partial charge in [0.1, 0.15) is 5.75 Å². The van der Waals surface area contributed by atoms with Gasteiger partial charge in [0.2, 0.25) is 0 Å². The van der Waals surface area contributed by atoms with E-state index in [0.717, 1.165) is 59.5 Å². The molecule has 0 saturated carbocycles. The quantitative estimate of drug-likeness (QED) is 0.390. The predicted octanol–water partition coefficient (Wildman–Crippen LogP) is 5.92. The lowest BCUT2D eigenvalue weighted by molar-refractivity contribution is 0.0786. The molecule has 5 rings (SSSR count). The van der Waals surface area contributed by atoms with E-state index in [1.165, 1.54) is 10.9 Å². The predicted molar refractivity (Wildman–Crippen MR) is 133 cm³/mol. The van der Waals surface area contributed by atoms with Gasteiger partial charge >= 0.3 is 0 Å². The molecule has 0 radical (unpaired) electrons. The zero-order valence-corrected chi connectivity index (χ0v) is 19.1. The molecule has 0 aliphatic carbocycles. The maximum absolute atomic E-state index is 13.5. The van der Waals surface area contributed by atoms with Crippen molar-refractivity contribution in [2.75, 3.05) is 20.2 Å². The minimum Gasteiger partial charge on any atom is -0.497 e. The topological polar surface area (TPSA) is 42.4 Å². The number of fused-ring (bicyclic) bond motifs is 1. The summed E-state index contributed by atoms with van der Waals surface area (Å²) in [6.45, 7) is 3.63. The van der Waals surface area contributed by atoms with E-state index in [1.54, 1.807) is 7.11 Å². The number of amides is 1. The summed E-state index contributed by atoms with van der Waals surface area (Å²) in [7, 11) is 1.67. The Morgan fingerprint density at radius 3 is 2.64 bits per heavy atom. The molecule has 166 valence electrons. The average Bonchev–Trinajstić information content (AvgIpc) is 3.33. The van der Waals surface area contributed by atoms with Gasteiger partial charge < -0.3 is 9.64 Å². The Kier molecular flexibility index (Phi) is 5.82. The van der Waals surface area contributed by atoms with Gasteiger partial charge in [0, 0.05) is 30.2 Å². The molecule has 1 fully saturated rings. The lowest BCUT2D eigenvalue weighted by Crippen LogP contribution is -2.29. The molecule has 1 aromatic heterocycles. The zero-order valence-electron chi connectivity index (χ0n) is 19.1. The summed E-state index contributed by atoms with van der Waals surface area (Å²) in [6, 6.07) is 24.5. The van der Waals surface area contributed by atoms with Crippen molar-refractivity contribution >= 4 is 16.8 Å².